The molecular weight excluding hydrogens is 390 g/mol. The van der Waals surface area contributed by atoms with E-state index in [2.05, 4.69) is 0 Å². The number of nitrogens with zero attached hydrogens (tertiary/aromatic N) is 3. The SMILES string of the molecule is Cc1ccc(-n2c(SCC(=O)N(C)C)nc3sc4c(c3c2=O)CCCC4)cc1. The lowest BCUT2D eigenvalue weighted by Gasteiger charge is -2.14. The van der Waals surface area contributed by atoms with Crippen LogP contribution in [0.4, 0.5) is 0 Å². The summed E-state index contributed by atoms with van der Waals surface area (Å²) < 4.78 is 1.68. The maximum atomic E-state index is 13.6. The summed E-state index contributed by atoms with van der Waals surface area (Å²) in [4.78, 5) is 34.2. The first-order valence-corrected chi connectivity index (χ1v) is 11.2. The van der Waals surface area contributed by atoms with E-state index in [4.69, 9.17) is 4.98 Å². The summed E-state index contributed by atoms with van der Waals surface area (Å²) in [6.45, 7) is 2.02. The largest absolute Gasteiger partial charge is 0.348 e. The van der Waals surface area contributed by atoms with Crippen molar-refractivity contribution >= 4 is 39.2 Å². The molecule has 0 N–H and O–H groups in total. The van der Waals surface area contributed by atoms with Crippen molar-refractivity contribution < 1.29 is 4.79 Å². The second kappa shape index (κ2) is 7.72. The number of benzene rings is 1. The Labute approximate surface area is 172 Å². The molecule has 4 rings (SSSR count). The molecular formula is C21H23N3O2S2. The standard InChI is InChI=1S/C21H23N3O2S2/c1-13-8-10-14(11-9-13)24-20(26)18-15-6-4-5-7-16(15)28-19(18)22-21(24)27-12-17(25)23(2)3/h8-11H,4-7,12H2,1-3H3. The Kier molecular flexibility index (Phi) is 5.29. The number of hydrogen-bond donors (Lipinski definition) is 0. The summed E-state index contributed by atoms with van der Waals surface area (Å²) in [7, 11) is 3.47. The average molecular weight is 414 g/mol. The molecule has 1 aromatic carbocycles. The van der Waals surface area contributed by atoms with Gasteiger partial charge in [0.2, 0.25) is 5.91 Å². The van der Waals surface area contributed by atoms with E-state index in [1.165, 1.54) is 28.6 Å². The lowest BCUT2D eigenvalue weighted by atomic mass is 9.97. The van der Waals surface area contributed by atoms with E-state index in [1.807, 2.05) is 31.2 Å². The molecule has 28 heavy (non-hydrogen) atoms. The summed E-state index contributed by atoms with van der Waals surface area (Å²) in [5.74, 6) is 0.252. The zero-order valence-corrected chi connectivity index (χ0v) is 18.0. The maximum Gasteiger partial charge on any atom is 0.267 e. The Morgan fingerprint density at radius 2 is 1.93 bits per heavy atom. The van der Waals surface area contributed by atoms with Crippen LogP contribution in [-0.4, -0.2) is 40.2 Å². The molecule has 7 heteroatoms. The molecule has 3 aromatic rings. The third kappa shape index (κ3) is 3.49. The van der Waals surface area contributed by atoms with Crippen LogP contribution in [0.1, 0.15) is 28.8 Å². The van der Waals surface area contributed by atoms with Crippen LogP contribution in [-0.2, 0) is 17.6 Å². The molecule has 1 aliphatic carbocycles. The first kappa shape index (κ1) is 19.2. The van der Waals surface area contributed by atoms with Crippen molar-refractivity contribution in [1.82, 2.24) is 14.5 Å². The van der Waals surface area contributed by atoms with Crippen molar-refractivity contribution in [3.05, 3.63) is 50.6 Å². The Bertz CT molecular complexity index is 1100. The van der Waals surface area contributed by atoms with Gasteiger partial charge in [0.25, 0.3) is 5.56 Å². The molecule has 1 aliphatic rings. The number of aromatic nitrogens is 2. The van der Waals surface area contributed by atoms with Crippen molar-refractivity contribution in [2.75, 3.05) is 19.8 Å². The number of hydrogen-bond acceptors (Lipinski definition) is 5. The van der Waals surface area contributed by atoms with E-state index in [1.54, 1.807) is 34.9 Å². The van der Waals surface area contributed by atoms with Crippen LogP contribution in [0.3, 0.4) is 0 Å². The number of carbonyl (C=O) groups excluding carboxylic acids is 1. The van der Waals surface area contributed by atoms with E-state index in [0.717, 1.165) is 40.7 Å². The topological polar surface area (TPSA) is 55.2 Å². The lowest BCUT2D eigenvalue weighted by molar-refractivity contribution is -0.125. The summed E-state index contributed by atoms with van der Waals surface area (Å²) in [5.41, 5.74) is 3.09. The minimum Gasteiger partial charge on any atom is -0.348 e. The number of amides is 1. The van der Waals surface area contributed by atoms with E-state index in [-0.39, 0.29) is 17.2 Å². The average Bonchev–Trinajstić information content (AvgIpc) is 3.05. The fourth-order valence-corrected chi connectivity index (χ4v) is 5.75. The van der Waals surface area contributed by atoms with Gasteiger partial charge in [0.05, 0.1) is 16.8 Å². The molecule has 0 spiro atoms. The Balaban J connectivity index is 1.90. The van der Waals surface area contributed by atoms with Crippen LogP contribution >= 0.6 is 23.1 Å². The molecule has 5 nitrogen and oxygen atoms in total. The molecule has 2 aromatic heterocycles. The van der Waals surface area contributed by atoms with Crippen LogP contribution in [0, 0.1) is 6.92 Å². The quantitative estimate of drug-likeness (QED) is 0.482. The predicted octanol–water partition coefficient (Wildman–Crippen LogP) is 3.81. The molecule has 0 saturated heterocycles. The normalized spacial score (nSPS) is 13.5. The predicted molar refractivity (Wildman–Crippen MR) is 116 cm³/mol. The van der Waals surface area contributed by atoms with E-state index < -0.39 is 0 Å². The second-order valence-electron chi connectivity index (χ2n) is 7.34. The van der Waals surface area contributed by atoms with Gasteiger partial charge in [-0.3, -0.25) is 14.2 Å². The zero-order valence-electron chi connectivity index (χ0n) is 16.3. The molecule has 146 valence electrons. The fraction of sp³-hybridized carbons (Fsp3) is 0.381. The second-order valence-corrected chi connectivity index (χ2v) is 9.36. The Morgan fingerprint density at radius 3 is 2.64 bits per heavy atom. The van der Waals surface area contributed by atoms with Gasteiger partial charge in [-0.25, -0.2) is 4.98 Å². The lowest BCUT2D eigenvalue weighted by Crippen LogP contribution is -2.25. The minimum atomic E-state index is -0.0203. The van der Waals surface area contributed by atoms with Crippen molar-refractivity contribution in [1.29, 1.82) is 0 Å². The first-order valence-electron chi connectivity index (χ1n) is 9.43. The van der Waals surface area contributed by atoms with Crippen LogP contribution in [0.2, 0.25) is 0 Å². The van der Waals surface area contributed by atoms with Gasteiger partial charge in [0.1, 0.15) is 4.83 Å². The molecule has 0 radical (unpaired) electrons. The van der Waals surface area contributed by atoms with Crippen molar-refractivity contribution in [3.63, 3.8) is 0 Å². The summed E-state index contributed by atoms with van der Waals surface area (Å²) in [6, 6.07) is 7.88. The Hall–Kier alpha value is -2.12. The highest BCUT2D eigenvalue weighted by Crippen LogP contribution is 2.35. The summed E-state index contributed by atoms with van der Waals surface area (Å²) >= 11 is 2.97. The molecule has 0 fully saturated rings. The summed E-state index contributed by atoms with van der Waals surface area (Å²) in [5, 5.41) is 1.35. The minimum absolute atomic E-state index is 0.000256. The molecule has 0 saturated carbocycles. The van der Waals surface area contributed by atoms with Gasteiger partial charge < -0.3 is 4.90 Å². The van der Waals surface area contributed by atoms with Gasteiger partial charge in [-0.05, 0) is 50.3 Å². The van der Waals surface area contributed by atoms with E-state index in [0.29, 0.717) is 5.16 Å². The number of fused-ring (bicyclic) bond motifs is 3. The van der Waals surface area contributed by atoms with Gasteiger partial charge in [0.15, 0.2) is 5.16 Å². The molecule has 0 aliphatic heterocycles. The van der Waals surface area contributed by atoms with Gasteiger partial charge in [-0.15, -0.1) is 11.3 Å². The highest BCUT2D eigenvalue weighted by atomic mass is 32.2. The fourth-order valence-electron chi connectivity index (χ4n) is 3.46. The number of thioether (sulfide) groups is 1. The van der Waals surface area contributed by atoms with Gasteiger partial charge in [-0.2, -0.15) is 0 Å². The van der Waals surface area contributed by atoms with Crippen molar-refractivity contribution in [2.45, 2.75) is 37.8 Å². The molecule has 0 unspecified atom stereocenters. The Morgan fingerprint density at radius 1 is 1.21 bits per heavy atom. The van der Waals surface area contributed by atoms with Crippen LogP contribution in [0.25, 0.3) is 15.9 Å². The van der Waals surface area contributed by atoms with Gasteiger partial charge >= 0.3 is 0 Å². The van der Waals surface area contributed by atoms with Gasteiger partial charge in [0, 0.05) is 19.0 Å². The third-order valence-electron chi connectivity index (χ3n) is 5.07. The smallest absolute Gasteiger partial charge is 0.267 e. The third-order valence-corrected chi connectivity index (χ3v) is 7.18. The van der Waals surface area contributed by atoms with Crippen LogP contribution in [0.5, 0.6) is 0 Å². The van der Waals surface area contributed by atoms with Crippen LogP contribution < -0.4 is 5.56 Å². The van der Waals surface area contributed by atoms with E-state index in [9.17, 15) is 9.59 Å². The molecule has 0 atom stereocenters. The number of rotatable bonds is 4. The van der Waals surface area contributed by atoms with E-state index >= 15 is 0 Å². The highest BCUT2D eigenvalue weighted by molar-refractivity contribution is 7.99. The number of aryl methyl sites for hydroxylation is 3. The summed E-state index contributed by atoms with van der Waals surface area (Å²) in [6.07, 6.45) is 4.27. The first-order chi connectivity index (χ1) is 13.5. The van der Waals surface area contributed by atoms with Crippen molar-refractivity contribution in [2.24, 2.45) is 0 Å². The molecule has 1 amide bonds. The number of carbonyl (C=O) groups is 1. The number of thiophene rings is 1. The maximum absolute atomic E-state index is 13.6. The molecule has 2 heterocycles. The molecule has 0 bridgehead atoms. The van der Waals surface area contributed by atoms with Crippen molar-refractivity contribution in [3.8, 4) is 5.69 Å². The zero-order chi connectivity index (χ0) is 19.8. The monoisotopic (exact) mass is 413 g/mol. The highest BCUT2D eigenvalue weighted by Gasteiger charge is 2.23. The van der Waals surface area contributed by atoms with Gasteiger partial charge in [-0.1, -0.05) is 29.5 Å². The van der Waals surface area contributed by atoms with Crippen LogP contribution in [0.15, 0.2) is 34.2 Å².